The molecule has 5 aromatic rings. The molecule has 0 aliphatic heterocycles. The van der Waals surface area contributed by atoms with Crippen LogP contribution in [0.25, 0.3) is 5.69 Å². The van der Waals surface area contributed by atoms with Crippen LogP contribution in [0, 0.1) is 18.7 Å². The lowest BCUT2D eigenvalue weighted by Gasteiger charge is -2.29. The van der Waals surface area contributed by atoms with Gasteiger partial charge in [-0.2, -0.15) is 4.68 Å². The molecule has 0 bridgehead atoms. The van der Waals surface area contributed by atoms with Crippen molar-refractivity contribution < 1.29 is 23.5 Å². The average Bonchev–Trinajstić information content (AvgIpc) is 3.48. The molecule has 1 fully saturated rings. The van der Waals surface area contributed by atoms with Gasteiger partial charge in [0, 0.05) is 31.9 Å². The summed E-state index contributed by atoms with van der Waals surface area (Å²) in [6.07, 6.45) is 5.18. The van der Waals surface area contributed by atoms with Crippen molar-refractivity contribution in [3.8, 4) is 11.4 Å². The summed E-state index contributed by atoms with van der Waals surface area (Å²) < 4.78 is 31.0. The normalized spacial score (nSPS) is 14.6. The minimum atomic E-state index is -0.794. The van der Waals surface area contributed by atoms with Crippen LogP contribution in [0.5, 0.6) is 5.75 Å². The minimum Gasteiger partial charge on any atom is -0.490 e. The zero-order valence-electron chi connectivity index (χ0n) is 34.8. The number of carbonyl (C=O) groups is 2. The van der Waals surface area contributed by atoms with Crippen molar-refractivity contribution in [2.45, 2.75) is 111 Å². The summed E-state index contributed by atoms with van der Waals surface area (Å²) in [6, 6.07) is 27.7. The van der Waals surface area contributed by atoms with Gasteiger partial charge in [0.25, 0.3) is 5.91 Å². The fraction of sp³-hybridized carbons (Fsp3) is 0.404. The third-order valence-electron chi connectivity index (χ3n) is 10.8. The molecule has 1 aliphatic carbocycles. The Morgan fingerprint density at radius 1 is 0.897 bits per heavy atom. The van der Waals surface area contributed by atoms with Gasteiger partial charge in [-0.05, 0) is 94.7 Å². The molecule has 306 valence electrons. The van der Waals surface area contributed by atoms with Gasteiger partial charge in [-0.3, -0.25) is 19.1 Å². The third-order valence-corrected chi connectivity index (χ3v) is 10.8. The Morgan fingerprint density at radius 2 is 1.52 bits per heavy atom. The molecule has 2 atom stereocenters. The van der Waals surface area contributed by atoms with E-state index in [0.717, 1.165) is 58.7 Å². The summed E-state index contributed by atoms with van der Waals surface area (Å²) in [5.41, 5.74) is 2.94. The highest BCUT2D eigenvalue weighted by Gasteiger charge is 2.29. The molecule has 4 aromatic carbocycles. The fourth-order valence-corrected chi connectivity index (χ4v) is 7.69. The molecule has 11 heteroatoms. The molecule has 1 heterocycles. The first-order chi connectivity index (χ1) is 27.7. The highest BCUT2D eigenvalue weighted by atomic mass is 19.1. The van der Waals surface area contributed by atoms with Crippen LogP contribution >= 0.6 is 0 Å². The van der Waals surface area contributed by atoms with Gasteiger partial charge in [0.1, 0.15) is 22.9 Å². The zero-order valence-corrected chi connectivity index (χ0v) is 34.8. The molecule has 6 rings (SSSR count). The third kappa shape index (κ3) is 10.5. The predicted octanol–water partition coefficient (Wildman–Crippen LogP) is 9.27. The number of anilines is 1. The Balaban J connectivity index is 1.32. The summed E-state index contributed by atoms with van der Waals surface area (Å²) in [4.78, 5) is 42.7. The molecule has 10 nitrogen and oxygen atoms in total. The number of nitrogens with one attached hydrogen (secondary N) is 1. The number of aryl methyl sites for hydroxylation is 1. The second kappa shape index (κ2) is 18.4. The van der Waals surface area contributed by atoms with Crippen LogP contribution in [0.4, 0.5) is 10.1 Å². The first-order valence-electron chi connectivity index (χ1n) is 20.3. The maximum absolute atomic E-state index is 16.4. The molecular formula is C47H56FN5O5. The number of halogens is 1. The van der Waals surface area contributed by atoms with E-state index in [9.17, 15) is 14.4 Å². The van der Waals surface area contributed by atoms with Crippen LogP contribution in [0.3, 0.4) is 0 Å². The molecule has 1 saturated carbocycles. The molecule has 1 N–H and O–H groups in total. The van der Waals surface area contributed by atoms with E-state index < -0.39 is 23.0 Å². The molecule has 1 unspecified atom stereocenters. The van der Waals surface area contributed by atoms with Crippen LogP contribution in [-0.2, 0) is 36.1 Å². The molecule has 1 aliphatic rings. The standard InChI is InChI=1S/C47H56FN5O5/c1-31-25-36(26-43(54)58-47(4,5)6)23-24-40(31)49-45(55)38-27-39(48)41(28-42(38)57-33(3)37-21-15-10-16-22-37)53-46(56)51(7)44(50-53)32(2)52(29-34-17-11-8-12-18-34)30-35-19-13-9-14-20-35/h8-9,11-14,17-20,23-25,27-28,32-33,37H,10,15-16,21-22,26,29-30H2,1-7H3,(H,49,55)/t32-,33?/m1/s1. The molecule has 1 amide bonds. The quantitative estimate of drug-likeness (QED) is 0.112. The molecule has 0 saturated heterocycles. The Bertz CT molecular complexity index is 2220. The molecule has 1 aromatic heterocycles. The summed E-state index contributed by atoms with van der Waals surface area (Å²) >= 11 is 0. The number of amides is 1. The van der Waals surface area contributed by atoms with Crippen molar-refractivity contribution in [3.63, 3.8) is 0 Å². The van der Waals surface area contributed by atoms with Crippen molar-refractivity contribution in [3.05, 3.63) is 141 Å². The fourth-order valence-electron chi connectivity index (χ4n) is 7.69. The Hall–Kier alpha value is -5.55. The predicted molar refractivity (Wildman–Crippen MR) is 225 cm³/mol. The number of nitrogens with zero attached hydrogens (tertiary/aromatic N) is 4. The van der Waals surface area contributed by atoms with E-state index in [1.165, 1.54) is 17.1 Å². The number of aromatic nitrogens is 3. The lowest BCUT2D eigenvalue weighted by molar-refractivity contribution is -0.153. The van der Waals surface area contributed by atoms with Crippen LogP contribution < -0.4 is 15.7 Å². The lowest BCUT2D eigenvalue weighted by Crippen LogP contribution is -2.29. The van der Waals surface area contributed by atoms with E-state index in [4.69, 9.17) is 14.6 Å². The molecule has 58 heavy (non-hydrogen) atoms. The van der Waals surface area contributed by atoms with Gasteiger partial charge >= 0.3 is 11.7 Å². The van der Waals surface area contributed by atoms with E-state index in [-0.39, 0.29) is 47.5 Å². The van der Waals surface area contributed by atoms with Gasteiger partial charge in [-0.1, -0.05) is 92.1 Å². The number of carbonyl (C=O) groups excluding carboxylic acids is 2. The van der Waals surface area contributed by atoms with Gasteiger partial charge in [0.05, 0.1) is 24.1 Å². The van der Waals surface area contributed by atoms with Gasteiger partial charge in [-0.15, -0.1) is 5.10 Å². The molecule has 0 spiro atoms. The summed E-state index contributed by atoms with van der Waals surface area (Å²) in [5, 5.41) is 7.67. The first-order valence-corrected chi connectivity index (χ1v) is 20.3. The second-order valence-electron chi connectivity index (χ2n) is 16.6. The van der Waals surface area contributed by atoms with Gasteiger partial charge < -0.3 is 14.8 Å². The monoisotopic (exact) mass is 789 g/mol. The lowest BCUT2D eigenvalue weighted by atomic mass is 9.86. The maximum atomic E-state index is 16.4. The van der Waals surface area contributed by atoms with Crippen molar-refractivity contribution in [1.29, 1.82) is 0 Å². The number of hydrogen-bond acceptors (Lipinski definition) is 7. The number of hydrogen-bond donors (Lipinski definition) is 1. The van der Waals surface area contributed by atoms with Gasteiger partial charge in [0.2, 0.25) is 0 Å². The Kier molecular flexibility index (Phi) is 13.3. The van der Waals surface area contributed by atoms with Crippen LogP contribution in [-0.4, -0.2) is 42.8 Å². The zero-order chi connectivity index (χ0) is 41.6. The molecular weight excluding hydrogens is 734 g/mol. The minimum absolute atomic E-state index is 0.00406. The highest BCUT2D eigenvalue weighted by Crippen LogP contribution is 2.33. The SMILES string of the molecule is Cc1cc(CC(=O)OC(C)(C)C)ccc1NC(=O)c1cc(F)c(-n2nc([C@@H](C)N(Cc3ccccc3)Cc3ccccc3)n(C)c2=O)cc1OC(C)C1CCCCC1. The van der Waals surface area contributed by atoms with E-state index in [2.05, 4.69) is 34.5 Å². The number of ether oxygens (including phenoxy) is 2. The summed E-state index contributed by atoms with van der Waals surface area (Å²) in [5.74, 6) is -0.826. The van der Waals surface area contributed by atoms with E-state index in [1.54, 1.807) is 19.2 Å². The maximum Gasteiger partial charge on any atom is 0.350 e. The smallest absolute Gasteiger partial charge is 0.350 e. The Labute approximate surface area is 341 Å². The number of benzene rings is 4. The van der Waals surface area contributed by atoms with Crippen molar-refractivity contribution in [2.24, 2.45) is 13.0 Å². The van der Waals surface area contributed by atoms with Crippen molar-refractivity contribution in [1.82, 2.24) is 19.2 Å². The summed E-state index contributed by atoms with van der Waals surface area (Å²) in [7, 11) is 1.64. The van der Waals surface area contributed by atoms with Crippen molar-refractivity contribution in [2.75, 3.05) is 5.32 Å². The summed E-state index contributed by atoms with van der Waals surface area (Å²) in [6.45, 7) is 12.5. The van der Waals surface area contributed by atoms with Crippen molar-refractivity contribution >= 4 is 17.6 Å². The van der Waals surface area contributed by atoms with Crippen LogP contribution in [0.15, 0.2) is 95.8 Å². The van der Waals surface area contributed by atoms with Gasteiger partial charge in [0.15, 0.2) is 5.82 Å². The van der Waals surface area contributed by atoms with E-state index >= 15 is 4.39 Å². The second-order valence-corrected chi connectivity index (χ2v) is 16.6. The van der Waals surface area contributed by atoms with E-state index in [0.29, 0.717) is 24.6 Å². The van der Waals surface area contributed by atoms with Crippen LogP contribution in [0.2, 0.25) is 0 Å². The number of esters is 1. The Morgan fingerprint density at radius 3 is 2.10 bits per heavy atom. The average molecular weight is 790 g/mol. The highest BCUT2D eigenvalue weighted by molar-refractivity contribution is 6.06. The van der Waals surface area contributed by atoms with E-state index in [1.807, 2.05) is 84.0 Å². The number of rotatable bonds is 14. The molecule has 0 radical (unpaired) electrons. The van der Waals surface area contributed by atoms with Crippen LogP contribution in [0.1, 0.15) is 111 Å². The largest absolute Gasteiger partial charge is 0.490 e. The first kappa shape index (κ1) is 42.1. The topological polar surface area (TPSA) is 108 Å². The van der Waals surface area contributed by atoms with Gasteiger partial charge in [-0.25, -0.2) is 9.18 Å².